The van der Waals surface area contributed by atoms with Gasteiger partial charge in [-0.25, -0.2) is 0 Å². The summed E-state index contributed by atoms with van der Waals surface area (Å²) in [4.78, 5) is 25.4. The lowest BCUT2D eigenvalue weighted by Gasteiger charge is -2.60. The summed E-state index contributed by atoms with van der Waals surface area (Å²) in [5.74, 6) is -0.0642. The monoisotopic (exact) mass is 472 g/mol. The molecule has 0 aromatic heterocycles. The molecule has 6 nitrogen and oxygen atoms in total. The number of hydrogen-bond donors (Lipinski definition) is 3. The summed E-state index contributed by atoms with van der Waals surface area (Å²) in [6.07, 6.45) is 12.0. The molecule has 4 unspecified atom stereocenters. The van der Waals surface area contributed by atoms with Gasteiger partial charge in [0.25, 0.3) is 0 Å². The molecule has 0 aromatic rings. The van der Waals surface area contributed by atoms with E-state index in [-0.39, 0.29) is 40.7 Å². The van der Waals surface area contributed by atoms with E-state index in [0.29, 0.717) is 12.8 Å². The van der Waals surface area contributed by atoms with Crippen molar-refractivity contribution >= 4 is 11.6 Å². The van der Waals surface area contributed by atoms with Crippen molar-refractivity contribution in [3.63, 3.8) is 0 Å². The second-order valence-electron chi connectivity index (χ2n) is 12.1. The maximum atomic E-state index is 13.4. The lowest BCUT2D eigenvalue weighted by atomic mass is 9.46. The van der Waals surface area contributed by atoms with E-state index in [0.717, 1.165) is 56.9 Å². The van der Waals surface area contributed by atoms with Gasteiger partial charge in [-0.05, 0) is 68.9 Å². The normalized spacial score (nSPS) is 45.2. The number of ketones is 2. The average molecular weight is 473 g/mol. The van der Waals surface area contributed by atoms with E-state index in [1.54, 1.807) is 12.2 Å². The number of fused-ring (bicyclic) bond motifs is 5. The molecule has 0 amide bonds. The molecule has 188 valence electrons. The number of carbonyl (C=O) groups excluding carboxylic acids is 2. The van der Waals surface area contributed by atoms with Gasteiger partial charge in [-0.2, -0.15) is 0 Å². The first-order chi connectivity index (χ1) is 16.2. The minimum Gasteiger partial charge on any atom is -0.393 e. The van der Waals surface area contributed by atoms with E-state index in [4.69, 9.17) is 4.74 Å². The summed E-state index contributed by atoms with van der Waals surface area (Å²) in [5.41, 5.74) is -1.23. The third kappa shape index (κ3) is 3.43. The van der Waals surface area contributed by atoms with Crippen LogP contribution in [0.15, 0.2) is 23.8 Å². The number of Topliss-reactive ketones (excluding diaryl/α,β-unsaturated/α-hetero) is 1. The molecule has 0 aromatic carbocycles. The summed E-state index contributed by atoms with van der Waals surface area (Å²) in [5, 5.41) is 32.7. The zero-order valence-corrected chi connectivity index (χ0v) is 20.5. The summed E-state index contributed by atoms with van der Waals surface area (Å²) in [6.45, 7) is 3.55. The van der Waals surface area contributed by atoms with Crippen LogP contribution in [0, 0.1) is 34.5 Å². The Bertz CT molecular complexity index is 903. The van der Waals surface area contributed by atoms with Crippen LogP contribution in [0.5, 0.6) is 0 Å². The van der Waals surface area contributed by atoms with E-state index in [9.17, 15) is 24.9 Å². The third-order valence-corrected chi connectivity index (χ3v) is 10.6. The zero-order chi connectivity index (χ0) is 24.3. The first kappa shape index (κ1) is 24.4. The molecule has 6 heteroatoms. The molecule has 0 spiro atoms. The van der Waals surface area contributed by atoms with Gasteiger partial charge in [-0.15, -0.1) is 0 Å². The Morgan fingerprint density at radius 3 is 2.62 bits per heavy atom. The Kier molecular flexibility index (Phi) is 6.20. The Hall–Kier alpha value is -1.34. The van der Waals surface area contributed by atoms with Crippen LogP contribution in [0.2, 0.25) is 0 Å². The number of ether oxygens (including phenoxy) is 1. The molecule has 5 aliphatic carbocycles. The maximum Gasteiger partial charge on any atom is 0.190 e. The molecular weight excluding hydrogens is 432 g/mol. The summed E-state index contributed by atoms with van der Waals surface area (Å²) in [6, 6.07) is 0. The van der Waals surface area contributed by atoms with Gasteiger partial charge in [0, 0.05) is 22.7 Å². The molecule has 5 aliphatic rings. The molecule has 0 bridgehead atoms. The molecule has 8 atom stereocenters. The molecule has 34 heavy (non-hydrogen) atoms. The maximum absolute atomic E-state index is 13.4. The molecule has 0 saturated heterocycles. The number of allylic oxidation sites excluding steroid dienone is 4. The fraction of sp³-hybridized carbons (Fsp3) is 0.786. The SMILES string of the molecule is CC12C=CC(=O)C=C1CCC1C2[C@@H](O)C[C@@]2(C)C1CC[C@]2(O[C@@H](O)C1CCCCC1)C(=O)CO. The van der Waals surface area contributed by atoms with Crippen LogP contribution in [0.1, 0.15) is 78.1 Å². The number of aliphatic hydroxyl groups is 3. The Morgan fingerprint density at radius 2 is 1.91 bits per heavy atom. The van der Waals surface area contributed by atoms with Crippen molar-refractivity contribution in [3.8, 4) is 0 Å². The van der Waals surface area contributed by atoms with Gasteiger partial charge in [-0.3, -0.25) is 9.59 Å². The second kappa shape index (κ2) is 8.65. The van der Waals surface area contributed by atoms with Gasteiger partial charge in [-0.1, -0.05) is 44.8 Å². The Morgan fingerprint density at radius 1 is 1.18 bits per heavy atom. The minimum absolute atomic E-state index is 0.00669. The summed E-state index contributed by atoms with van der Waals surface area (Å²) >= 11 is 0. The molecule has 0 radical (unpaired) electrons. The molecule has 4 saturated carbocycles. The molecular formula is C28H40O6. The molecule has 0 aliphatic heterocycles. The number of aliphatic hydroxyl groups excluding tert-OH is 3. The highest BCUT2D eigenvalue weighted by molar-refractivity contribution is 6.01. The Balaban J connectivity index is 1.49. The first-order valence-electron chi connectivity index (χ1n) is 13.3. The van der Waals surface area contributed by atoms with Crippen molar-refractivity contribution in [3.05, 3.63) is 23.8 Å². The van der Waals surface area contributed by atoms with Crippen LogP contribution in [0.4, 0.5) is 0 Å². The lowest BCUT2D eigenvalue weighted by molar-refractivity contribution is -0.255. The number of carbonyl (C=O) groups is 2. The van der Waals surface area contributed by atoms with Crippen LogP contribution in [-0.2, 0) is 14.3 Å². The van der Waals surface area contributed by atoms with Crippen molar-refractivity contribution in [2.45, 2.75) is 96.1 Å². The van der Waals surface area contributed by atoms with Gasteiger partial charge >= 0.3 is 0 Å². The largest absolute Gasteiger partial charge is 0.393 e. The molecule has 0 heterocycles. The van der Waals surface area contributed by atoms with Gasteiger partial charge in [0.2, 0.25) is 0 Å². The second-order valence-corrected chi connectivity index (χ2v) is 12.1. The van der Waals surface area contributed by atoms with Crippen molar-refractivity contribution in [1.82, 2.24) is 0 Å². The van der Waals surface area contributed by atoms with Crippen LogP contribution >= 0.6 is 0 Å². The molecule has 5 rings (SSSR count). The summed E-state index contributed by atoms with van der Waals surface area (Å²) < 4.78 is 6.40. The fourth-order valence-corrected chi connectivity index (χ4v) is 8.88. The van der Waals surface area contributed by atoms with Crippen molar-refractivity contribution in [2.24, 2.45) is 34.5 Å². The number of hydrogen-bond acceptors (Lipinski definition) is 6. The van der Waals surface area contributed by atoms with Crippen LogP contribution in [0.3, 0.4) is 0 Å². The van der Waals surface area contributed by atoms with E-state index in [1.807, 2.05) is 13.0 Å². The predicted octanol–water partition coefficient (Wildman–Crippen LogP) is 3.48. The quantitative estimate of drug-likeness (QED) is 0.529. The highest BCUT2D eigenvalue weighted by Crippen LogP contribution is 2.68. The molecule has 4 fully saturated rings. The summed E-state index contributed by atoms with van der Waals surface area (Å²) in [7, 11) is 0. The highest BCUT2D eigenvalue weighted by atomic mass is 16.6. The molecule has 3 N–H and O–H groups in total. The van der Waals surface area contributed by atoms with Gasteiger partial charge in [0.15, 0.2) is 17.9 Å². The third-order valence-electron chi connectivity index (χ3n) is 10.6. The van der Waals surface area contributed by atoms with Crippen molar-refractivity contribution in [2.75, 3.05) is 6.61 Å². The van der Waals surface area contributed by atoms with Crippen LogP contribution in [0.25, 0.3) is 0 Å². The topological polar surface area (TPSA) is 104 Å². The minimum atomic E-state index is -1.29. The van der Waals surface area contributed by atoms with E-state index < -0.39 is 30.0 Å². The fourth-order valence-electron chi connectivity index (χ4n) is 8.88. The van der Waals surface area contributed by atoms with Crippen molar-refractivity contribution < 1.29 is 29.6 Å². The van der Waals surface area contributed by atoms with E-state index in [2.05, 4.69) is 6.92 Å². The van der Waals surface area contributed by atoms with Gasteiger partial charge in [0.05, 0.1) is 6.10 Å². The standard InChI is InChI=1S/C28H40O6/c1-26-12-10-19(30)14-18(26)8-9-20-21-11-13-28(23(32)16-29,27(21,2)15-22(31)24(20)26)34-25(33)17-6-4-3-5-7-17/h10,12,14,17,20-22,24-25,29,31,33H,3-9,11,13,15-16H2,1-2H3/t20?,21?,22-,24?,25+,26?,27-,28-/m0/s1. The van der Waals surface area contributed by atoms with E-state index in [1.165, 1.54) is 0 Å². The smallest absolute Gasteiger partial charge is 0.190 e. The predicted molar refractivity (Wildman–Crippen MR) is 126 cm³/mol. The van der Waals surface area contributed by atoms with Gasteiger partial charge in [0.1, 0.15) is 12.2 Å². The first-order valence-corrected chi connectivity index (χ1v) is 13.3. The zero-order valence-electron chi connectivity index (χ0n) is 20.5. The van der Waals surface area contributed by atoms with Gasteiger partial charge < -0.3 is 20.1 Å². The average Bonchev–Trinajstić information content (AvgIpc) is 3.11. The Labute approximate surface area is 202 Å². The van der Waals surface area contributed by atoms with Crippen LogP contribution in [-0.4, -0.2) is 51.5 Å². The van der Waals surface area contributed by atoms with Crippen LogP contribution < -0.4 is 0 Å². The highest BCUT2D eigenvalue weighted by Gasteiger charge is 2.69. The van der Waals surface area contributed by atoms with Crippen molar-refractivity contribution in [1.29, 1.82) is 0 Å². The lowest BCUT2D eigenvalue weighted by Crippen LogP contribution is -2.63. The van der Waals surface area contributed by atoms with E-state index >= 15 is 0 Å². The number of rotatable bonds is 5.